The van der Waals surface area contributed by atoms with Gasteiger partial charge >= 0.3 is 35.8 Å². The SMILES string of the molecule is COC1OC(CN=CC=NCC2OC(OC)C(OC(=O)c3ccccc3)C(OC(=O)c3ccccc3)C2OC(=O)c2ccccc2)C(OC(=O)c2ccccc2)C(OC(=O)c2ccccc2)C1OC(=O)c1ccccc1. The molecule has 0 aliphatic carbocycles. The average Bonchev–Trinajstić information content (AvgIpc) is 3.48. The maximum atomic E-state index is 13.8. The first kappa shape index (κ1) is 53.6. The molecular formula is C58H52N2O16. The number of esters is 6. The molecule has 0 radical (unpaired) electrons. The van der Waals surface area contributed by atoms with Gasteiger partial charge in [0.2, 0.25) is 0 Å². The van der Waals surface area contributed by atoms with Crippen LogP contribution in [-0.4, -0.2) is 137 Å². The second-order valence-corrected chi connectivity index (χ2v) is 17.0. The number of hydrogen-bond donors (Lipinski definition) is 0. The molecule has 0 bridgehead atoms. The Morgan fingerprint density at radius 3 is 0.776 bits per heavy atom. The lowest BCUT2D eigenvalue weighted by Gasteiger charge is -2.44. The number of carbonyl (C=O) groups excluding carboxylic acids is 6. The monoisotopic (exact) mass is 1030 g/mol. The average molecular weight is 1030 g/mol. The van der Waals surface area contributed by atoms with Crippen LogP contribution in [0, 0.1) is 0 Å². The van der Waals surface area contributed by atoms with Crippen molar-refractivity contribution < 1.29 is 76.1 Å². The van der Waals surface area contributed by atoms with Crippen molar-refractivity contribution in [3.8, 4) is 0 Å². The Hall–Kier alpha value is -8.68. The van der Waals surface area contributed by atoms with Crippen LogP contribution in [0.1, 0.15) is 62.1 Å². The van der Waals surface area contributed by atoms with E-state index in [-0.39, 0.29) is 46.5 Å². The quantitative estimate of drug-likeness (QED) is 0.0444. The summed E-state index contributed by atoms with van der Waals surface area (Å²) in [4.78, 5) is 91.5. The van der Waals surface area contributed by atoms with E-state index in [0.717, 1.165) is 0 Å². The number of aliphatic imine (C=N–C) groups is 2. The number of benzene rings is 6. The van der Waals surface area contributed by atoms with Crippen LogP contribution >= 0.6 is 0 Å². The number of hydrogen-bond acceptors (Lipinski definition) is 18. The van der Waals surface area contributed by atoms with Gasteiger partial charge in [0.25, 0.3) is 0 Å². The molecule has 6 aromatic carbocycles. The Morgan fingerprint density at radius 1 is 0.342 bits per heavy atom. The number of ether oxygens (including phenoxy) is 10. The predicted octanol–water partition coefficient (Wildman–Crippen LogP) is 7.22. The molecule has 2 saturated heterocycles. The summed E-state index contributed by atoms with van der Waals surface area (Å²) in [5, 5.41) is 0. The van der Waals surface area contributed by atoms with Crippen molar-refractivity contribution in [1.82, 2.24) is 0 Å². The van der Waals surface area contributed by atoms with Crippen molar-refractivity contribution in [3.05, 3.63) is 215 Å². The van der Waals surface area contributed by atoms with E-state index in [0.29, 0.717) is 0 Å². The van der Waals surface area contributed by atoms with Gasteiger partial charge in [-0.25, -0.2) is 28.8 Å². The maximum Gasteiger partial charge on any atom is 0.338 e. The fourth-order valence-electron chi connectivity index (χ4n) is 8.25. The standard InChI is InChI=1S/C58H52N2O16/c1-67-57-49(75-55(65)41-29-17-7-18-30-41)47(73-53(63)39-25-13-5-14-26-39)45(71-51(61)37-21-9-3-10-22-37)43(69-57)35-59-33-34-60-36-44-46(72-52(62)38-23-11-4-12-24-38)48(74-54(64)40-27-15-6-16-28-40)50(58(68-2)70-44)76-56(66)42-31-19-8-20-32-42/h3-34,43-50,57-58H,35-36H2,1-2H3. The molecule has 8 rings (SSSR count). The Morgan fingerprint density at radius 2 is 0.553 bits per heavy atom. The van der Waals surface area contributed by atoms with Crippen LogP contribution in [0.5, 0.6) is 0 Å². The van der Waals surface area contributed by atoms with Gasteiger partial charge in [0.1, 0.15) is 12.2 Å². The smallest absolute Gasteiger partial charge is 0.338 e. The molecule has 2 heterocycles. The summed E-state index contributed by atoms with van der Waals surface area (Å²) in [5.74, 6) is -4.82. The summed E-state index contributed by atoms with van der Waals surface area (Å²) in [5.41, 5.74) is 1.03. The van der Waals surface area contributed by atoms with Gasteiger partial charge in [-0.3, -0.25) is 9.98 Å². The van der Waals surface area contributed by atoms with Gasteiger partial charge in [-0.05, 0) is 72.8 Å². The third-order valence-electron chi connectivity index (χ3n) is 12.0. The molecule has 18 nitrogen and oxygen atoms in total. The molecule has 0 amide bonds. The summed E-state index contributed by atoms with van der Waals surface area (Å²) >= 11 is 0. The highest BCUT2D eigenvalue weighted by Gasteiger charge is 2.54. The van der Waals surface area contributed by atoms with Crippen LogP contribution < -0.4 is 0 Å². The van der Waals surface area contributed by atoms with Gasteiger partial charge in [0, 0.05) is 26.6 Å². The lowest BCUT2D eigenvalue weighted by molar-refractivity contribution is -0.285. The zero-order valence-electron chi connectivity index (χ0n) is 41.1. The molecule has 76 heavy (non-hydrogen) atoms. The molecular weight excluding hydrogens is 981 g/mol. The summed E-state index contributed by atoms with van der Waals surface area (Å²) in [6, 6.07) is 48.5. The summed E-state index contributed by atoms with van der Waals surface area (Å²) in [7, 11) is 2.61. The zero-order valence-corrected chi connectivity index (χ0v) is 41.1. The molecule has 10 atom stereocenters. The minimum atomic E-state index is -1.51. The van der Waals surface area contributed by atoms with E-state index >= 15 is 0 Å². The Balaban J connectivity index is 1.07. The molecule has 0 N–H and O–H groups in total. The van der Waals surface area contributed by atoms with Crippen LogP contribution in [0.15, 0.2) is 192 Å². The molecule has 0 saturated carbocycles. The van der Waals surface area contributed by atoms with Crippen molar-refractivity contribution in [3.63, 3.8) is 0 Å². The van der Waals surface area contributed by atoms with Gasteiger partial charge in [-0.15, -0.1) is 0 Å². The molecule has 6 aromatic rings. The second kappa shape index (κ2) is 26.5. The van der Waals surface area contributed by atoms with Crippen LogP contribution in [0.3, 0.4) is 0 Å². The third kappa shape index (κ3) is 13.7. The first-order valence-corrected chi connectivity index (χ1v) is 24.0. The van der Waals surface area contributed by atoms with E-state index in [9.17, 15) is 28.8 Å². The Bertz CT molecular complexity index is 2730. The van der Waals surface area contributed by atoms with Crippen molar-refractivity contribution in [2.75, 3.05) is 27.3 Å². The van der Waals surface area contributed by atoms with Crippen LogP contribution in [-0.2, 0) is 47.4 Å². The minimum Gasteiger partial charge on any atom is -0.452 e. The van der Waals surface area contributed by atoms with E-state index in [1.54, 1.807) is 109 Å². The molecule has 0 aromatic heterocycles. The predicted molar refractivity (Wildman–Crippen MR) is 272 cm³/mol. The molecule has 2 aliphatic rings. The largest absolute Gasteiger partial charge is 0.452 e. The Labute approximate surface area is 437 Å². The highest BCUT2D eigenvalue weighted by molar-refractivity contribution is 6.16. The first-order chi connectivity index (χ1) is 37.1. The maximum absolute atomic E-state index is 13.8. The van der Waals surface area contributed by atoms with E-state index in [1.807, 2.05) is 0 Å². The summed E-state index contributed by atoms with van der Waals surface area (Å²) < 4.78 is 60.3. The highest BCUT2D eigenvalue weighted by atomic mass is 16.7. The van der Waals surface area contributed by atoms with Gasteiger partial charge in [-0.1, -0.05) is 109 Å². The van der Waals surface area contributed by atoms with Crippen LogP contribution in [0.25, 0.3) is 0 Å². The molecule has 2 aliphatic heterocycles. The van der Waals surface area contributed by atoms with Gasteiger partial charge in [0.15, 0.2) is 49.2 Å². The van der Waals surface area contributed by atoms with Gasteiger partial charge in [0.05, 0.1) is 46.5 Å². The van der Waals surface area contributed by atoms with Crippen LogP contribution in [0.2, 0.25) is 0 Å². The normalized spacial score (nSPS) is 23.2. The molecule has 18 heteroatoms. The van der Waals surface area contributed by atoms with Crippen molar-refractivity contribution in [1.29, 1.82) is 0 Å². The highest BCUT2D eigenvalue weighted by Crippen LogP contribution is 2.33. The second-order valence-electron chi connectivity index (χ2n) is 17.0. The molecule has 2 fully saturated rings. The van der Waals surface area contributed by atoms with E-state index in [4.69, 9.17) is 47.4 Å². The molecule has 0 spiro atoms. The van der Waals surface area contributed by atoms with Gasteiger partial charge < -0.3 is 47.4 Å². The summed E-state index contributed by atoms with van der Waals surface area (Å²) in [6.07, 6.45) is -11.3. The van der Waals surface area contributed by atoms with E-state index < -0.39 is 97.2 Å². The Kier molecular flexibility index (Phi) is 18.7. The topological polar surface area (TPSA) is 219 Å². The zero-order chi connectivity index (χ0) is 53.2. The van der Waals surface area contributed by atoms with Crippen molar-refractivity contribution in [2.24, 2.45) is 9.98 Å². The fourth-order valence-corrected chi connectivity index (χ4v) is 8.25. The lowest BCUT2D eigenvalue weighted by Crippen LogP contribution is -2.62. The van der Waals surface area contributed by atoms with E-state index in [1.165, 1.54) is 99.4 Å². The number of carbonyl (C=O) groups is 6. The number of nitrogens with zero attached hydrogens (tertiary/aromatic N) is 2. The lowest BCUT2D eigenvalue weighted by atomic mass is 9.97. The number of methoxy groups -OCH3 is 2. The van der Waals surface area contributed by atoms with Crippen LogP contribution in [0.4, 0.5) is 0 Å². The summed E-state index contributed by atoms with van der Waals surface area (Å²) in [6.45, 7) is -0.515. The minimum absolute atomic E-state index is 0.162. The first-order valence-electron chi connectivity index (χ1n) is 24.0. The molecule has 10 unspecified atom stereocenters. The fraction of sp³-hybridized carbons (Fsp3) is 0.241. The van der Waals surface area contributed by atoms with E-state index in [2.05, 4.69) is 9.98 Å². The van der Waals surface area contributed by atoms with Crippen molar-refractivity contribution in [2.45, 2.75) is 61.4 Å². The third-order valence-corrected chi connectivity index (χ3v) is 12.0. The van der Waals surface area contributed by atoms with Crippen molar-refractivity contribution >= 4 is 48.2 Å². The number of rotatable bonds is 19. The van der Waals surface area contributed by atoms with Gasteiger partial charge in [-0.2, -0.15) is 0 Å². The molecule has 390 valence electrons.